The Morgan fingerprint density at radius 1 is 1.29 bits per heavy atom. The first kappa shape index (κ1) is 9.65. The van der Waals surface area contributed by atoms with Gasteiger partial charge in [-0.1, -0.05) is 0 Å². The van der Waals surface area contributed by atoms with Gasteiger partial charge in [-0.15, -0.1) is 0 Å². The van der Waals surface area contributed by atoms with E-state index in [9.17, 15) is 9.59 Å². The van der Waals surface area contributed by atoms with Crippen molar-refractivity contribution >= 4 is 21.7 Å². The van der Waals surface area contributed by atoms with E-state index in [0.717, 1.165) is 6.42 Å². The van der Waals surface area contributed by atoms with Gasteiger partial charge in [0.05, 0.1) is 5.56 Å². The number of hydrogen-bond donors (Lipinski definition) is 0. The smallest absolute Gasteiger partial charge is 0.350 e. The summed E-state index contributed by atoms with van der Waals surface area (Å²) in [4.78, 5) is 22.9. The molecule has 0 spiro atoms. The monoisotopic (exact) mass is 256 g/mol. The second-order valence-electron chi connectivity index (χ2n) is 3.40. The van der Waals surface area contributed by atoms with E-state index in [1.54, 1.807) is 6.92 Å². The molecule has 0 aromatic carbocycles. The molecule has 4 heteroatoms. The molecule has 0 saturated carbocycles. The molecule has 0 fully saturated rings. The molecule has 3 nitrogen and oxygen atoms in total. The van der Waals surface area contributed by atoms with Gasteiger partial charge >= 0.3 is 5.63 Å². The van der Waals surface area contributed by atoms with Crippen LogP contribution in [0.2, 0.25) is 0 Å². The average Bonchev–Trinajstić information content (AvgIpc) is 2.14. The maximum absolute atomic E-state index is 11.6. The van der Waals surface area contributed by atoms with Crippen molar-refractivity contribution in [2.24, 2.45) is 0 Å². The van der Waals surface area contributed by atoms with Crippen LogP contribution in [0.4, 0.5) is 0 Å². The Kier molecular flexibility index (Phi) is 2.31. The molecule has 0 radical (unpaired) electrons. The van der Waals surface area contributed by atoms with Crippen LogP contribution in [0.25, 0.3) is 0 Å². The highest BCUT2D eigenvalue weighted by molar-refractivity contribution is 9.10. The minimum Gasteiger partial charge on any atom is -0.426 e. The Hall–Kier alpha value is -0.900. The lowest BCUT2D eigenvalue weighted by Crippen LogP contribution is -2.17. The van der Waals surface area contributed by atoms with Crippen molar-refractivity contribution in [3.63, 3.8) is 0 Å². The molecule has 0 bridgehead atoms. The number of carbonyl (C=O) groups excluding carboxylic acids is 1. The molecule has 14 heavy (non-hydrogen) atoms. The van der Waals surface area contributed by atoms with Crippen molar-refractivity contribution < 1.29 is 9.21 Å². The van der Waals surface area contributed by atoms with E-state index in [4.69, 9.17) is 4.42 Å². The van der Waals surface area contributed by atoms with Gasteiger partial charge in [0.1, 0.15) is 10.2 Å². The molecule has 1 aromatic rings. The summed E-state index contributed by atoms with van der Waals surface area (Å²) in [5, 5.41) is 0. The summed E-state index contributed by atoms with van der Waals surface area (Å²) in [7, 11) is 0. The van der Waals surface area contributed by atoms with E-state index in [1.807, 2.05) is 0 Å². The Morgan fingerprint density at radius 2 is 2.00 bits per heavy atom. The molecule has 0 atom stereocenters. The van der Waals surface area contributed by atoms with Gasteiger partial charge in [-0.25, -0.2) is 4.79 Å². The topological polar surface area (TPSA) is 47.3 Å². The molecule has 2 rings (SSSR count). The van der Waals surface area contributed by atoms with Crippen molar-refractivity contribution in [1.82, 2.24) is 0 Å². The molecule has 1 aromatic heterocycles. The summed E-state index contributed by atoms with van der Waals surface area (Å²) in [5.74, 6) is 0.625. The highest BCUT2D eigenvalue weighted by Crippen LogP contribution is 2.26. The van der Waals surface area contributed by atoms with Crippen molar-refractivity contribution in [3.8, 4) is 0 Å². The van der Waals surface area contributed by atoms with Crippen LogP contribution in [0.15, 0.2) is 13.7 Å². The van der Waals surface area contributed by atoms with E-state index >= 15 is 0 Å². The van der Waals surface area contributed by atoms with E-state index < -0.39 is 5.63 Å². The average molecular weight is 257 g/mol. The molecule has 1 heterocycles. The van der Waals surface area contributed by atoms with E-state index in [-0.39, 0.29) is 5.78 Å². The van der Waals surface area contributed by atoms with Crippen molar-refractivity contribution in [2.75, 3.05) is 0 Å². The Balaban J connectivity index is 2.77. The lowest BCUT2D eigenvalue weighted by Gasteiger charge is -2.15. The molecule has 1 aliphatic rings. The summed E-state index contributed by atoms with van der Waals surface area (Å²) in [6, 6.07) is 0. The summed E-state index contributed by atoms with van der Waals surface area (Å²) < 4.78 is 5.43. The highest BCUT2D eigenvalue weighted by Gasteiger charge is 2.24. The van der Waals surface area contributed by atoms with Crippen molar-refractivity contribution in [3.05, 3.63) is 31.8 Å². The highest BCUT2D eigenvalue weighted by atomic mass is 79.9. The largest absolute Gasteiger partial charge is 0.426 e. The van der Waals surface area contributed by atoms with Gasteiger partial charge in [0, 0.05) is 12.8 Å². The second-order valence-corrected chi connectivity index (χ2v) is 4.20. The SMILES string of the molecule is Cc1c2c(oc(=O)c1Br)CCCC2=O. The number of halogens is 1. The predicted octanol–water partition coefficient (Wildman–Crippen LogP) is 2.23. The van der Waals surface area contributed by atoms with Gasteiger partial charge in [-0.05, 0) is 34.8 Å². The van der Waals surface area contributed by atoms with Crippen LogP contribution in [0.1, 0.15) is 34.5 Å². The van der Waals surface area contributed by atoms with Crippen molar-refractivity contribution in [1.29, 1.82) is 0 Å². The van der Waals surface area contributed by atoms with Gasteiger partial charge in [0.2, 0.25) is 0 Å². The van der Waals surface area contributed by atoms with E-state index in [0.29, 0.717) is 34.2 Å². The third kappa shape index (κ3) is 1.34. The van der Waals surface area contributed by atoms with Crippen LogP contribution in [-0.2, 0) is 6.42 Å². The fourth-order valence-corrected chi connectivity index (χ4v) is 2.03. The fraction of sp³-hybridized carbons (Fsp3) is 0.400. The lowest BCUT2D eigenvalue weighted by molar-refractivity contribution is 0.0965. The fourth-order valence-electron chi connectivity index (χ4n) is 1.75. The third-order valence-corrected chi connectivity index (χ3v) is 3.38. The zero-order chi connectivity index (χ0) is 10.3. The molecule has 0 amide bonds. The van der Waals surface area contributed by atoms with Crippen LogP contribution < -0.4 is 5.63 Å². The van der Waals surface area contributed by atoms with Gasteiger partial charge in [-0.2, -0.15) is 0 Å². The van der Waals surface area contributed by atoms with Crippen LogP contribution >= 0.6 is 15.9 Å². The number of carbonyl (C=O) groups is 1. The molecular formula is C10H9BrO3. The van der Waals surface area contributed by atoms with Crippen LogP contribution in [0.3, 0.4) is 0 Å². The first-order valence-electron chi connectivity index (χ1n) is 4.46. The molecule has 0 unspecified atom stereocenters. The summed E-state index contributed by atoms with van der Waals surface area (Å²) >= 11 is 3.13. The Morgan fingerprint density at radius 3 is 2.71 bits per heavy atom. The quantitative estimate of drug-likeness (QED) is 0.716. The third-order valence-electron chi connectivity index (χ3n) is 2.46. The molecule has 1 aliphatic carbocycles. The zero-order valence-corrected chi connectivity index (χ0v) is 9.31. The Labute approximate surface area is 89.2 Å². The van der Waals surface area contributed by atoms with Gasteiger partial charge in [-0.3, -0.25) is 4.79 Å². The number of Topliss-reactive ketones (excluding diaryl/α,β-unsaturated/α-hetero) is 1. The molecule has 74 valence electrons. The summed E-state index contributed by atoms with van der Waals surface area (Å²) in [5.41, 5.74) is 0.916. The van der Waals surface area contributed by atoms with E-state index in [2.05, 4.69) is 15.9 Å². The molecule has 0 aliphatic heterocycles. The maximum atomic E-state index is 11.6. The molecule has 0 N–H and O–H groups in total. The van der Waals surface area contributed by atoms with Crippen molar-refractivity contribution in [2.45, 2.75) is 26.2 Å². The van der Waals surface area contributed by atoms with Gasteiger partial charge in [0.15, 0.2) is 5.78 Å². The molecular weight excluding hydrogens is 248 g/mol. The zero-order valence-electron chi connectivity index (χ0n) is 7.72. The normalized spacial score (nSPS) is 15.4. The molecule has 0 saturated heterocycles. The summed E-state index contributed by atoms with van der Waals surface area (Å²) in [6.45, 7) is 1.77. The number of hydrogen-bond acceptors (Lipinski definition) is 3. The Bertz CT molecular complexity index is 459. The van der Waals surface area contributed by atoms with E-state index in [1.165, 1.54) is 0 Å². The number of rotatable bonds is 0. The minimum absolute atomic E-state index is 0.0770. The first-order valence-corrected chi connectivity index (χ1v) is 5.26. The standard InChI is InChI=1S/C10H9BrO3/c1-5-8-6(12)3-2-4-7(8)14-10(13)9(5)11/h2-4H2,1H3. The lowest BCUT2D eigenvalue weighted by atomic mass is 9.93. The van der Waals surface area contributed by atoms with Crippen LogP contribution in [-0.4, -0.2) is 5.78 Å². The number of fused-ring (bicyclic) bond motifs is 1. The number of ketones is 1. The van der Waals surface area contributed by atoms with Crippen LogP contribution in [0.5, 0.6) is 0 Å². The maximum Gasteiger partial charge on any atom is 0.350 e. The van der Waals surface area contributed by atoms with Gasteiger partial charge in [0.25, 0.3) is 0 Å². The van der Waals surface area contributed by atoms with Gasteiger partial charge < -0.3 is 4.42 Å². The minimum atomic E-state index is -0.393. The first-order chi connectivity index (χ1) is 6.61. The second kappa shape index (κ2) is 3.35. The number of aryl methyl sites for hydroxylation is 1. The van der Waals surface area contributed by atoms with Crippen LogP contribution in [0, 0.1) is 6.92 Å². The predicted molar refractivity (Wildman–Crippen MR) is 54.7 cm³/mol. The summed E-state index contributed by atoms with van der Waals surface area (Å²) in [6.07, 6.45) is 2.01.